The Morgan fingerprint density at radius 1 is 0.419 bits per heavy atom. The van der Waals surface area contributed by atoms with Crippen LogP contribution in [0.1, 0.15) is 22.9 Å². The number of nitrogens with one attached hydrogen (secondary N) is 1. The Morgan fingerprint density at radius 2 is 1.00 bits per heavy atom. The summed E-state index contributed by atoms with van der Waals surface area (Å²) in [5.41, 5.74) is 13.9. The fourth-order valence-electron chi connectivity index (χ4n) is 9.12. The molecule has 0 bridgehead atoms. The molecule has 1 atom stereocenters. The van der Waals surface area contributed by atoms with E-state index in [9.17, 15) is 0 Å². The fourth-order valence-corrected chi connectivity index (χ4v) is 10.3. The topological polar surface area (TPSA) is 41.7 Å². The van der Waals surface area contributed by atoms with E-state index in [0.717, 1.165) is 34.0 Å². The Kier molecular flexibility index (Phi) is 8.72. The van der Waals surface area contributed by atoms with Crippen LogP contribution in [0.25, 0.3) is 81.0 Å². The number of fused-ring (bicyclic) bond motifs is 6. The van der Waals surface area contributed by atoms with Crippen molar-refractivity contribution in [2.75, 3.05) is 0 Å². The highest BCUT2D eigenvalue weighted by molar-refractivity contribution is 7.25. The number of aromatic nitrogens is 1. The summed E-state index contributed by atoms with van der Waals surface area (Å²) in [4.78, 5) is 10.3. The van der Waals surface area contributed by atoms with Crippen molar-refractivity contribution in [1.82, 2.24) is 9.88 Å². The SMILES string of the molecule is c1ccc(C2=NC(c3ccc4c(c3)sc3cc(-c5ccccc5-c5cccc6c7ccccc7n(-c7ccccc7)c56)ccc34)NC(c3ccc(-c4ccccc4)cc3)=N2)cc1. The van der Waals surface area contributed by atoms with E-state index in [0.29, 0.717) is 0 Å². The first kappa shape index (κ1) is 36.0. The molecule has 5 heteroatoms. The van der Waals surface area contributed by atoms with Gasteiger partial charge in [0.15, 0.2) is 5.84 Å². The van der Waals surface area contributed by atoms with Gasteiger partial charge in [0.1, 0.15) is 12.0 Å². The van der Waals surface area contributed by atoms with Gasteiger partial charge in [-0.3, -0.25) is 0 Å². The van der Waals surface area contributed by atoms with Crippen molar-refractivity contribution in [2.24, 2.45) is 9.98 Å². The third-order valence-electron chi connectivity index (χ3n) is 12.1. The van der Waals surface area contributed by atoms with Gasteiger partial charge in [0.25, 0.3) is 0 Å². The molecule has 1 unspecified atom stereocenters. The van der Waals surface area contributed by atoms with E-state index >= 15 is 0 Å². The highest BCUT2D eigenvalue weighted by Gasteiger charge is 2.23. The molecule has 0 saturated heterocycles. The predicted molar refractivity (Wildman–Crippen MR) is 262 cm³/mol. The van der Waals surface area contributed by atoms with E-state index in [1.807, 2.05) is 35.6 Å². The highest BCUT2D eigenvalue weighted by Crippen LogP contribution is 2.43. The van der Waals surface area contributed by atoms with E-state index < -0.39 is 0 Å². The molecule has 3 heterocycles. The van der Waals surface area contributed by atoms with Crippen LogP contribution in [0.5, 0.6) is 0 Å². The lowest BCUT2D eigenvalue weighted by atomic mass is 9.92. The maximum atomic E-state index is 5.20. The highest BCUT2D eigenvalue weighted by atomic mass is 32.1. The van der Waals surface area contributed by atoms with E-state index in [1.165, 1.54) is 75.4 Å². The average Bonchev–Trinajstić information content (AvgIpc) is 3.90. The van der Waals surface area contributed by atoms with Gasteiger partial charge in [-0.1, -0.05) is 188 Å². The molecule has 9 aromatic carbocycles. The van der Waals surface area contributed by atoms with Crippen molar-refractivity contribution >= 4 is 65.0 Å². The molecule has 1 aliphatic heterocycles. The van der Waals surface area contributed by atoms with Crippen LogP contribution < -0.4 is 5.32 Å². The van der Waals surface area contributed by atoms with Gasteiger partial charge in [-0.2, -0.15) is 0 Å². The molecule has 0 amide bonds. The number of hydrogen-bond acceptors (Lipinski definition) is 4. The molecule has 62 heavy (non-hydrogen) atoms. The predicted octanol–water partition coefficient (Wildman–Crippen LogP) is 14.6. The second kappa shape index (κ2) is 15.0. The summed E-state index contributed by atoms with van der Waals surface area (Å²) in [5.74, 6) is 1.53. The Morgan fingerprint density at radius 3 is 1.79 bits per heavy atom. The lowest BCUT2D eigenvalue weighted by Gasteiger charge is -2.24. The van der Waals surface area contributed by atoms with Crippen LogP contribution in [0.15, 0.2) is 228 Å². The number of benzene rings is 9. The smallest absolute Gasteiger partial charge is 0.159 e. The third kappa shape index (κ3) is 6.21. The standard InChI is InChI=1S/C57H38N4S/c1-4-15-37(16-5-1)38-27-29-40(30-28-38)56-58-55(39-17-6-2-7-18-39)59-57(60-56)42-32-34-48-47-33-31-41(35-52(47)62-53(48)36-42)44-21-10-11-22-45(44)49-24-14-25-50-46-23-12-13-26-51(46)61(54(49)50)43-19-8-3-9-20-43/h1-36,57H,(H,58,59,60). The maximum absolute atomic E-state index is 5.20. The molecule has 4 nitrogen and oxygen atoms in total. The summed E-state index contributed by atoms with van der Waals surface area (Å²) in [5, 5.41) is 8.71. The summed E-state index contributed by atoms with van der Waals surface area (Å²) in [6.07, 6.45) is -0.308. The van der Waals surface area contributed by atoms with Crippen LogP contribution in [0.4, 0.5) is 0 Å². The van der Waals surface area contributed by atoms with Gasteiger partial charge >= 0.3 is 0 Å². The minimum absolute atomic E-state index is 0.308. The van der Waals surface area contributed by atoms with Gasteiger partial charge in [-0.25, -0.2) is 9.98 Å². The molecule has 1 aliphatic rings. The second-order valence-corrected chi connectivity index (χ2v) is 16.9. The lowest BCUT2D eigenvalue weighted by Crippen LogP contribution is -2.33. The fraction of sp³-hybridized carbons (Fsp3) is 0.0175. The summed E-state index contributed by atoms with van der Waals surface area (Å²) in [7, 11) is 0. The molecule has 0 spiro atoms. The Hall–Kier alpha value is -7.86. The van der Waals surface area contributed by atoms with Gasteiger partial charge in [-0.15, -0.1) is 11.3 Å². The Bertz CT molecular complexity index is 3530. The van der Waals surface area contributed by atoms with Gasteiger partial charge in [0.05, 0.1) is 11.0 Å². The molecule has 0 saturated carbocycles. The number of nitrogens with zero attached hydrogens (tertiary/aromatic N) is 3. The van der Waals surface area contributed by atoms with Gasteiger partial charge in [-0.05, 0) is 63.7 Å². The van der Waals surface area contributed by atoms with Gasteiger partial charge < -0.3 is 9.88 Å². The molecule has 0 aliphatic carbocycles. The van der Waals surface area contributed by atoms with Crippen LogP contribution in [0.2, 0.25) is 0 Å². The molecule has 2 aromatic heterocycles. The first-order valence-electron chi connectivity index (χ1n) is 21.0. The van der Waals surface area contributed by atoms with Crippen LogP contribution in [0, 0.1) is 0 Å². The van der Waals surface area contributed by atoms with Crippen molar-refractivity contribution in [3.63, 3.8) is 0 Å². The van der Waals surface area contributed by atoms with Crippen LogP contribution in [0.3, 0.4) is 0 Å². The molecule has 12 rings (SSSR count). The quantitative estimate of drug-likeness (QED) is 0.171. The Balaban J connectivity index is 0.927. The summed E-state index contributed by atoms with van der Waals surface area (Å²) in [6.45, 7) is 0. The minimum Gasteiger partial charge on any atom is -0.344 e. The lowest BCUT2D eigenvalue weighted by molar-refractivity contribution is 0.675. The molecular formula is C57H38N4S. The van der Waals surface area contributed by atoms with Crippen molar-refractivity contribution in [2.45, 2.75) is 6.17 Å². The van der Waals surface area contributed by atoms with Crippen LogP contribution in [-0.2, 0) is 0 Å². The number of hydrogen-bond donors (Lipinski definition) is 1. The van der Waals surface area contributed by atoms with Gasteiger partial charge in [0.2, 0.25) is 0 Å². The third-order valence-corrected chi connectivity index (χ3v) is 13.2. The number of amidine groups is 2. The Labute approximate surface area is 363 Å². The molecule has 0 fully saturated rings. The zero-order valence-electron chi connectivity index (χ0n) is 33.6. The van der Waals surface area contributed by atoms with Gasteiger partial charge in [0, 0.05) is 53.3 Å². The van der Waals surface area contributed by atoms with E-state index in [1.54, 1.807) is 0 Å². The largest absolute Gasteiger partial charge is 0.344 e. The molecule has 0 radical (unpaired) electrons. The number of thiophene rings is 1. The van der Waals surface area contributed by atoms with Crippen LogP contribution >= 0.6 is 11.3 Å². The number of aliphatic imine (C=N–C) groups is 2. The molecule has 11 aromatic rings. The first-order valence-corrected chi connectivity index (χ1v) is 21.8. The zero-order chi connectivity index (χ0) is 41.0. The minimum atomic E-state index is -0.308. The zero-order valence-corrected chi connectivity index (χ0v) is 34.4. The van der Waals surface area contributed by atoms with Crippen molar-refractivity contribution in [3.8, 4) is 39.1 Å². The maximum Gasteiger partial charge on any atom is 0.159 e. The van der Waals surface area contributed by atoms with E-state index in [4.69, 9.17) is 9.98 Å². The number of rotatable bonds is 7. The van der Waals surface area contributed by atoms with Crippen molar-refractivity contribution in [1.29, 1.82) is 0 Å². The second-order valence-electron chi connectivity index (χ2n) is 15.8. The van der Waals surface area contributed by atoms with Crippen LogP contribution in [-0.4, -0.2) is 16.2 Å². The summed E-state index contributed by atoms with van der Waals surface area (Å²) < 4.78 is 4.91. The first-order chi connectivity index (χ1) is 30.7. The summed E-state index contributed by atoms with van der Waals surface area (Å²) >= 11 is 1.84. The van der Waals surface area contributed by atoms with Crippen molar-refractivity contribution < 1.29 is 0 Å². The molecule has 1 N–H and O–H groups in total. The molecule has 292 valence electrons. The number of para-hydroxylation sites is 3. The van der Waals surface area contributed by atoms with E-state index in [2.05, 4.69) is 204 Å². The monoisotopic (exact) mass is 810 g/mol. The molecular weight excluding hydrogens is 773 g/mol. The normalized spacial score (nSPS) is 14.0. The van der Waals surface area contributed by atoms with Crippen molar-refractivity contribution in [3.05, 3.63) is 235 Å². The van der Waals surface area contributed by atoms with E-state index in [-0.39, 0.29) is 6.17 Å². The summed E-state index contributed by atoms with van der Waals surface area (Å²) in [6, 6.07) is 78.2. The average molecular weight is 811 g/mol.